The van der Waals surface area contributed by atoms with Crippen LogP contribution in [-0.2, 0) is 32.6 Å². The van der Waals surface area contributed by atoms with Crippen molar-refractivity contribution in [1.82, 2.24) is 25.3 Å². The maximum absolute atomic E-state index is 13.9. The van der Waals surface area contributed by atoms with Crippen LogP contribution in [0.25, 0.3) is 22.5 Å². The summed E-state index contributed by atoms with van der Waals surface area (Å²) in [5.74, 6) is 0.0557. The molecule has 0 saturated heterocycles. The van der Waals surface area contributed by atoms with Crippen molar-refractivity contribution in [3.8, 4) is 22.5 Å². The summed E-state index contributed by atoms with van der Waals surface area (Å²) in [7, 11) is -3.78. The van der Waals surface area contributed by atoms with Crippen molar-refractivity contribution in [2.75, 3.05) is 11.9 Å². The van der Waals surface area contributed by atoms with Gasteiger partial charge in [0.05, 0.1) is 4.90 Å². The van der Waals surface area contributed by atoms with Crippen molar-refractivity contribution in [1.29, 1.82) is 0 Å². The van der Waals surface area contributed by atoms with Crippen molar-refractivity contribution >= 4 is 27.4 Å². The molecule has 1 aliphatic carbocycles. The number of anilines is 1. The fourth-order valence-electron chi connectivity index (χ4n) is 6.71. The number of aromatic nitrogens is 4. The Kier molecular flexibility index (Phi) is 11.4. The average Bonchev–Trinajstić information content (AvgIpc) is 3.70. The minimum Gasteiger partial charge on any atom is -0.330 e. The number of aryl methyl sites for hydroxylation is 1. The summed E-state index contributed by atoms with van der Waals surface area (Å²) < 4.78 is 29.3. The molecule has 12 heteroatoms. The zero-order valence-electron chi connectivity index (χ0n) is 28.6. The van der Waals surface area contributed by atoms with Crippen LogP contribution in [0, 0.1) is 24.7 Å². The summed E-state index contributed by atoms with van der Waals surface area (Å²) in [5.41, 5.74) is 11.5. The molecule has 5 N–H and O–H groups in total. The molecule has 5 aromatic rings. The lowest BCUT2D eigenvalue weighted by molar-refractivity contribution is -0.129. The van der Waals surface area contributed by atoms with Crippen LogP contribution >= 0.6 is 0 Å². The maximum Gasteiger partial charge on any atom is 0.240 e. The molecule has 264 valence electrons. The first-order chi connectivity index (χ1) is 24.7. The van der Waals surface area contributed by atoms with Crippen LogP contribution in [-0.4, -0.2) is 47.3 Å². The maximum atomic E-state index is 13.9. The molecule has 4 aromatic carbocycles. The Bertz CT molecular complexity index is 2050. The zero-order valence-corrected chi connectivity index (χ0v) is 29.4. The van der Waals surface area contributed by atoms with Crippen LogP contribution in [0.5, 0.6) is 0 Å². The predicted octanol–water partition coefficient (Wildman–Crippen LogP) is 5.84. The molecule has 6 rings (SSSR count). The van der Waals surface area contributed by atoms with E-state index in [0.29, 0.717) is 30.4 Å². The summed E-state index contributed by atoms with van der Waals surface area (Å²) >= 11 is 0. The molecule has 1 atom stereocenters. The second kappa shape index (κ2) is 16.3. The number of ketones is 1. The van der Waals surface area contributed by atoms with E-state index in [-0.39, 0.29) is 35.5 Å². The molecule has 0 spiro atoms. The van der Waals surface area contributed by atoms with Gasteiger partial charge in [0.1, 0.15) is 5.78 Å². The van der Waals surface area contributed by atoms with E-state index in [1.807, 2.05) is 61.5 Å². The molecule has 0 radical (unpaired) electrons. The number of nitrogens with zero attached hydrogens (tertiary/aromatic N) is 3. The SMILES string of the molecule is Cc1ccc(S(=O)(=O)NCc2ccccc2)cc1-c1cccc(C[C@H](CC(=O)C2CCC(CN)CC2)C(=O)Nc2ccc(-c3nn[nH]n3)cc2)c1. The van der Waals surface area contributed by atoms with Gasteiger partial charge in [0, 0.05) is 36.1 Å². The molecule has 1 aliphatic rings. The normalized spacial score (nSPS) is 16.7. The standard InChI is InChI=1S/C39H43N7O4S/c1-26-10-19-35(51(49,50)41-25-28-6-3-2-4-7-28)23-36(26)32-9-5-8-29(20-32)21-33(22-37(47)30-13-11-27(24-40)12-14-30)39(48)42-34-17-15-31(16-18-34)38-43-45-46-44-38/h2-10,15-20,23,27,30,33,41H,11-14,21-22,24-25,40H2,1H3,(H,42,48)(H,43,44,45,46)/t27?,30?,33-/m1/s1. The van der Waals surface area contributed by atoms with Crippen LogP contribution in [0.15, 0.2) is 102 Å². The number of tetrazole rings is 1. The second-order valence-corrected chi connectivity index (χ2v) is 15.1. The van der Waals surface area contributed by atoms with Crippen molar-refractivity contribution in [3.05, 3.63) is 114 Å². The van der Waals surface area contributed by atoms with Crippen LogP contribution in [0.2, 0.25) is 0 Å². The molecule has 0 unspecified atom stereocenters. The first-order valence-electron chi connectivity index (χ1n) is 17.3. The van der Waals surface area contributed by atoms with Crippen molar-refractivity contribution in [2.45, 2.75) is 56.9 Å². The molecule has 0 aliphatic heterocycles. The Labute approximate surface area is 298 Å². The van der Waals surface area contributed by atoms with E-state index in [4.69, 9.17) is 5.73 Å². The first kappa shape index (κ1) is 35.8. The summed E-state index contributed by atoms with van der Waals surface area (Å²) in [6, 6.07) is 29.4. The van der Waals surface area contributed by atoms with Crippen molar-refractivity contribution in [3.63, 3.8) is 0 Å². The molecule has 0 bridgehead atoms. The van der Waals surface area contributed by atoms with Gasteiger partial charge in [-0.1, -0.05) is 60.7 Å². The fourth-order valence-corrected chi connectivity index (χ4v) is 7.75. The second-order valence-electron chi connectivity index (χ2n) is 13.3. The zero-order chi connectivity index (χ0) is 35.8. The van der Waals surface area contributed by atoms with E-state index in [0.717, 1.165) is 59.1 Å². The fraction of sp³-hybridized carbons (Fsp3) is 0.308. The minimum atomic E-state index is -3.78. The highest BCUT2D eigenvalue weighted by molar-refractivity contribution is 7.89. The summed E-state index contributed by atoms with van der Waals surface area (Å²) in [5, 5.41) is 17.0. The Balaban J connectivity index is 1.21. The molecule has 1 amide bonds. The number of rotatable bonds is 14. The highest BCUT2D eigenvalue weighted by Gasteiger charge is 2.30. The predicted molar refractivity (Wildman–Crippen MR) is 197 cm³/mol. The molecular weight excluding hydrogens is 663 g/mol. The van der Waals surface area contributed by atoms with E-state index >= 15 is 0 Å². The van der Waals surface area contributed by atoms with Gasteiger partial charge in [-0.25, -0.2) is 13.1 Å². The van der Waals surface area contributed by atoms with Gasteiger partial charge in [0.25, 0.3) is 0 Å². The van der Waals surface area contributed by atoms with Gasteiger partial charge in [-0.3, -0.25) is 9.59 Å². The average molecular weight is 706 g/mol. The topological polar surface area (TPSA) is 173 Å². The number of aromatic amines is 1. The van der Waals surface area contributed by atoms with E-state index in [2.05, 4.69) is 30.7 Å². The number of hydrogen-bond acceptors (Lipinski definition) is 8. The smallest absolute Gasteiger partial charge is 0.240 e. The quantitative estimate of drug-likeness (QED) is 0.112. The molecule has 1 aromatic heterocycles. The van der Waals surface area contributed by atoms with Crippen LogP contribution in [0.4, 0.5) is 5.69 Å². The summed E-state index contributed by atoms with van der Waals surface area (Å²) in [4.78, 5) is 27.7. The van der Waals surface area contributed by atoms with E-state index < -0.39 is 15.9 Å². The highest BCUT2D eigenvalue weighted by Crippen LogP contribution is 2.32. The number of nitrogens with two attached hydrogens (primary N) is 1. The van der Waals surface area contributed by atoms with Gasteiger partial charge in [-0.2, -0.15) is 5.21 Å². The lowest BCUT2D eigenvalue weighted by Gasteiger charge is -2.27. The number of carbonyl (C=O) groups excluding carboxylic acids is 2. The number of carbonyl (C=O) groups is 2. The Morgan fingerprint density at radius 2 is 1.63 bits per heavy atom. The number of nitrogens with one attached hydrogen (secondary N) is 3. The number of benzene rings is 4. The molecule has 11 nitrogen and oxygen atoms in total. The number of amides is 1. The molecular formula is C39H43N7O4S. The van der Waals surface area contributed by atoms with Crippen molar-refractivity contribution in [2.24, 2.45) is 23.5 Å². The minimum absolute atomic E-state index is 0.0773. The molecule has 1 fully saturated rings. The van der Waals surface area contributed by atoms with E-state index in [1.54, 1.807) is 42.5 Å². The summed E-state index contributed by atoms with van der Waals surface area (Å²) in [6.45, 7) is 2.75. The van der Waals surface area contributed by atoms with Gasteiger partial charge in [-0.15, -0.1) is 10.2 Å². The third kappa shape index (κ3) is 9.20. The van der Waals surface area contributed by atoms with E-state index in [1.165, 1.54) is 0 Å². The lowest BCUT2D eigenvalue weighted by Crippen LogP contribution is -2.31. The number of hydrogen-bond donors (Lipinski definition) is 4. The van der Waals surface area contributed by atoms with Crippen LogP contribution in [0.3, 0.4) is 0 Å². The molecule has 51 heavy (non-hydrogen) atoms. The van der Waals surface area contributed by atoms with Gasteiger partial charge in [0.15, 0.2) is 0 Å². The van der Waals surface area contributed by atoms with Gasteiger partial charge < -0.3 is 11.1 Å². The van der Waals surface area contributed by atoms with Gasteiger partial charge in [0.2, 0.25) is 21.8 Å². The lowest BCUT2D eigenvalue weighted by atomic mass is 9.77. The number of sulfonamides is 1. The van der Waals surface area contributed by atoms with Crippen molar-refractivity contribution < 1.29 is 18.0 Å². The third-order valence-corrected chi connectivity index (χ3v) is 11.2. The molecule has 1 saturated carbocycles. The van der Waals surface area contributed by atoms with Gasteiger partial charge >= 0.3 is 0 Å². The monoisotopic (exact) mass is 705 g/mol. The summed E-state index contributed by atoms with van der Waals surface area (Å²) in [6.07, 6.45) is 3.89. The first-order valence-corrected chi connectivity index (χ1v) is 18.8. The van der Waals surface area contributed by atoms with Gasteiger partial charge in [-0.05, 0) is 121 Å². The number of H-pyrrole nitrogens is 1. The van der Waals surface area contributed by atoms with Crippen LogP contribution < -0.4 is 15.8 Å². The van der Waals surface area contributed by atoms with E-state index in [9.17, 15) is 18.0 Å². The Hall–Kier alpha value is -5.04. The Morgan fingerprint density at radius 3 is 2.33 bits per heavy atom. The Morgan fingerprint density at radius 1 is 0.882 bits per heavy atom. The number of Topliss-reactive ketones (excluding diaryl/α,β-unsaturated/α-hetero) is 1. The molecule has 1 heterocycles. The highest BCUT2D eigenvalue weighted by atomic mass is 32.2. The third-order valence-electron chi connectivity index (χ3n) is 9.76. The largest absolute Gasteiger partial charge is 0.330 e. The van der Waals surface area contributed by atoms with Crippen LogP contribution in [0.1, 0.15) is 48.8 Å².